The molecule has 0 saturated heterocycles. The van der Waals surface area contributed by atoms with E-state index in [9.17, 15) is 19.7 Å². The molecule has 0 amide bonds. The van der Waals surface area contributed by atoms with E-state index in [0.717, 1.165) is 5.56 Å². The zero-order valence-corrected chi connectivity index (χ0v) is 21.9. The summed E-state index contributed by atoms with van der Waals surface area (Å²) < 4.78 is 11.1. The van der Waals surface area contributed by atoms with E-state index in [1.54, 1.807) is 19.9 Å². The Labute approximate surface area is 216 Å². The fourth-order valence-corrected chi connectivity index (χ4v) is 4.37. The SMILES string of the molecule is COC(=O)C1C(C)=NC(C)=C(C(=O)OC(C=Cc2ccccc2)C(C)(C)C)C1c1cccc([N+](=O)[O-])c1. The first-order valence-corrected chi connectivity index (χ1v) is 12.0. The molecule has 0 fully saturated rings. The summed E-state index contributed by atoms with van der Waals surface area (Å²) in [6, 6.07) is 15.6. The number of hydrogen-bond donors (Lipinski definition) is 0. The van der Waals surface area contributed by atoms with E-state index >= 15 is 0 Å². The summed E-state index contributed by atoms with van der Waals surface area (Å²) in [4.78, 5) is 42.1. The van der Waals surface area contributed by atoms with Crippen LogP contribution in [0.4, 0.5) is 5.69 Å². The van der Waals surface area contributed by atoms with E-state index in [1.807, 2.05) is 63.3 Å². The number of allylic oxidation sites excluding steroid dienone is 1. The van der Waals surface area contributed by atoms with Gasteiger partial charge in [-0.1, -0.05) is 69.3 Å². The fraction of sp³-hybridized carbons (Fsp3) is 0.345. The first kappa shape index (κ1) is 27.5. The molecule has 2 aromatic rings. The second-order valence-electron chi connectivity index (χ2n) is 10.0. The topological polar surface area (TPSA) is 108 Å². The van der Waals surface area contributed by atoms with E-state index in [1.165, 1.54) is 25.3 Å². The zero-order valence-electron chi connectivity index (χ0n) is 21.9. The number of non-ortho nitro benzene ring substituents is 1. The molecule has 2 aromatic carbocycles. The number of carbonyl (C=O) groups is 2. The maximum Gasteiger partial charge on any atom is 0.337 e. The second-order valence-corrected chi connectivity index (χ2v) is 10.0. The van der Waals surface area contributed by atoms with Gasteiger partial charge in [0.05, 0.1) is 17.6 Å². The summed E-state index contributed by atoms with van der Waals surface area (Å²) in [5.74, 6) is -3.04. The molecule has 0 aliphatic carbocycles. The normalized spacial score (nSPS) is 18.8. The van der Waals surface area contributed by atoms with Gasteiger partial charge in [0.15, 0.2) is 0 Å². The van der Waals surface area contributed by atoms with Crippen LogP contribution in [0.15, 0.2) is 76.9 Å². The Morgan fingerprint density at radius 3 is 2.35 bits per heavy atom. The van der Waals surface area contributed by atoms with Crippen molar-refractivity contribution in [2.75, 3.05) is 7.11 Å². The van der Waals surface area contributed by atoms with Crippen LogP contribution in [0.2, 0.25) is 0 Å². The lowest BCUT2D eigenvalue weighted by Crippen LogP contribution is -2.38. The predicted octanol–water partition coefficient (Wildman–Crippen LogP) is 5.89. The van der Waals surface area contributed by atoms with Gasteiger partial charge in [-0.05, 0) is 31.1 Å². The standard InChI is InChI=1S/C29H32N2O6/c1-18-24(27(32)36-6)26(21-13-10-14-22(17-21)31(34)35)25(19(2)30-18)28(33)37-23(29(3,4)5)16-15-20-11-8-7-9-12-20/h7-17,23-24,26H,1-6H3. The smallest absolute Gasteiger partial charge is 0.337 e. The summed E-state index contributed by atoms with van der Waals surface area (Å²) in [6.07, 6.45) is 3.12. The molecule has 3 unspecified atom stereocenters. The summed E-state index contributed by atoms with van der Waals surface area (Å²) >= 11 is 0. The molecule has 0 N–H and O–H groups in total. The molecule has 0 saturated carbocycles. The number of nitro groups is 1. The fourth-order valence-electron chi connectivity index (χ4n) is 4.37. The third kappa shape index (κ3) is 6.39. The molecule has 1 heterocycles. The van der Waals surface area contributed by atoms with E-state index in [-0.39, 0.29) is 11.3 Å². The maximum atomic E-state index is 13.8. The molecular weight excluding hydrogens is 472 g/mol. The largest absolute Gasteiger partial charge is 0.468 e. The average molecular weight is 505 g/mol. The first-order valence-electron chi connectivity index (χ1n) is 12.0. The number of carbonyl (C=O) groups excluding carboxylic acids is 2. The number of nitrogens with zero attached hydrogens (tertiary/aromatic N) is 2. The van der Waals surface area contributed by atoms with Crippen LogP contribution in [-0.4, -0.2) is 35.8 Å². The first-order chi connectivity index (χ1) is 17.4. The third-order valence-corrected chi connectivity index (χ3v) is 6.29. The van der Waals surface area contributed by atoms with Crippen LogP contribution in [0.1, 0.15) is 51.7 Å². The Hall–Kier alpha value is -4.07. The second kappa shape index (κ2) is 11.3. The Morgan fingerprint density at radius 2 is 1.76 bits per heavy atom. The van der Waals surface area contributed by atoms with Crippen molar-refractivity contribution in [1.82, 2.24) is 0 Å². The molecular formula is C29H32N2O6. The van der Waals surface area contributed by atoms with E-state index in [2.05, 4.69) is 4.99 Å². The van der Waals surface area contributed by atoms with Gasteiger partial charge >= 0.3 is 11.9 Å². The van der Waals surface area contributed by atoms with Crippen LogP contribution >= 0.6 is 0 Å². The Balaban J connectivity index is 2.07. The maximum absolute atomic E-state index is 13.8. The molecule has 1 aliphatic heterocycles. The number of hydrogen-bond acceptors (Lipinski definition) is 7. The van der Waals surface area contributed by atoms with Crippen LogP contribution in [0.25, 0.3) is 6.08 Å². The monoisotopic (exact) mass is 504 g/mol. The molecule has 1 aliphatic rings. The van der Waals surface area contributed by atoms with Gasteiger partial charge in [0.25, 0.3) is 5.69 Å². The predicted molar refractivity (Wildman–Crippen MR) is 142 cm³/mol. The highest BCUT2D eigenvalue weighted by molar-refractivity contribution is 6.07. The van der Waals surface area contributed by atoms with Crippen molar-refractivity contribution in [3.05, 3.63) is 93.2 Å². The molecule has 0 bridgehead atoms. The summed E-state index contributed by atoms with van der Waals surface area (Å²) in [6.45, 7) is 9.22. The van der Waals surface area contributed by atoms with Crippen molar-refractivity contribution in [2.45, 2.75) is 46.6 Å². The lowest BCUT2D eigenvalue weighted by Gasteiger charge is -2.33. The highest BCUT2D eigenvalue weighted by Crippen LogP contribution is 2.41. The van der Waals surface area contributed by atoms with Gasteiger partial charge in [0, 0.05) is 34.9 Å². The molecule has 194 valence electrons. The van der Waals surface area contributed by atoms with Crippen LogP contribution in [0, 0.1) is 21.4 Å². The summed E-state index contributed by atoms with van der Waals surface area (Å²) in [7, 11) is 1.26. The van der Waals surface area contributed by atoms with Crippen molar-refractivity contribution >= 4 is 29.4 Å². The zero-order chi connectivity index (χ0) is 27.3. The highest BCUT2D eigenvalue weighted by Gasteiger charge is 2.43. The van der Waals surface area contributed by atoms with Crippen molar-refractivity contribution in [3.63, 3.8) is 0 Å². The van der Waals surface area contributed by atoms with E-state index in [0.29, 0.717) is 17.0 Å². The van der Waals surface area contributed by atoms with Crippen LogP contribution in [-0.2, 0) is 19.1 Å². The molecule has 8 nitrogen and oxygen atoms in total. The van der Waals surface area contributed by atoms with Crippen molar-refractivity contribution in [2.24, 2.45) is 16.3 Å². The lowest BCUT2D eigenvalue weighted by atomic mass is 9.75. The number of nitro benzene ring substituents is 1. The van der Waals surface area contributed by atoms with E-state index in [4.69, 9.17) is 9.47 Å². The van der Waals surface area contributed by atoms with Gasteiger partial charge < -0.3 is 9.47 Å². The Bertz CT molecular complexity index is 1270. The Morgan fingerprint density at radius 1 is 1.08 bits per heavy atom. The quantitative estimate of drug-likeness (QED) is 0.264. The van der Waals surface area contributed by atoms with Gasteiger partial charge in [-0.15, -0.1) is 0 Å². The van der Waals surface area contributed by atoms with Crippen molar-refractivity contribution in [1.29, 1.82) is 0 Å². The van der Waals surface area contributed by atoms with Crippen molar-refractivity contribution in [3.8, 4) is 0 Å². The number of esters is 2. The summed E-state index contributed by atoms with van der Waals surface area (Å²) in [5, 5.41) is 11.5. The molecule has 3 rings (SSSR count). The number of benzene rings is 2. The lowest BCUT2D eigenvalue weighted by molar-refractivity contribution is -0.384. The number of aliphatic imine (C=N–C) groups is 1. The minimum absolute atomic E-state index is 0.148. The summed E-state index contributed by atoms with van der Waals surface area (Å²) in [5.41, 5.74) is 1.81. The highest BCUT2D eigenvalue weighted by atomic mass is 16.6. The van der Waals surface area contributed by atoms with E-state index < -0.39 is 40.2 Å². The van der Waals surface area contributed by atoms with Gasteiger partial charge in [-0.25, -0.2) is 4.79 Å². The molecule has 3 atom stereocenters. The van der Waals surface area contributed by atoms with Crippen LogP contribution < -0.4 is 0 Å². The van der Waals surface area contributed by atoms with Gasteiger partial charge in [-0.3, -0.25) is 19.9 Å². The minimum atomic E-state index is -0.939. The molecule has 8 heteroatoms. The third-order valence-electron chi connectivity index (χ3n) is 6.29. The number of rotatable bonds is 7. The molecule has 37 heavy (non-hydrogen) atoms. The van der Waals surface area contributed by atoms with Gasteiger partial charge in [-0.2, -0.15) is 0 Å². The number of ether oxygens (including phenoxy) is 2. The van der Waals surface area contributed by atoms with Crippen LogP contribution in [0.5, 0.6) is 0 Å². The van der Waals surface area contributed by atoms with Crippen molar-refractivity contribution < 1.29 is 24.0 Å². The van der Waals surface area contributed by atoms with Gasteiger partial charge in [0.2, 0.25) is 0 Å². The molecule has 0 spiro atoms. The minimum Gasteiger partial charge on any atom is -0.468 e. The van der Waals surface area contributed by atoms with Gasteiger partial charge in [0.1, 0.15) is 12.0 Å². The van der Waals surface area contributed by atoms with Crippen LogP contribution in [0.3, 0.4) is 0 Å². The Kier molecular flexibility index (Phi) is 8.42. The molecule has 0 aromatic heterocycles. The molecule has 0 radical (unpaired) electrons. The number of methoxy groups -OCH3 is 1. The average Bonchev–Trinajstić information content (AvgIpc) is 2.85.